The molecule has 0 radical (unpaired) electrons. The maximum atomic E-state index is 12.7. The summed E-state index contributed by atoms with van der Waals surface area (Å²) in [6, 6.07) is 14.6. The number of hydrogen-bond acceptors (Lipinski definition) is 3. The van der Waals surface area contributed by atoms with Gasteiger partial charge in [-0.3, -0.25) is 9.59 Å². The first-order chi connectivity index (χ1) is 13.1. The Morgan fingerprint density at radius 1 is 1.11 bits per heavy atom. The van der Waals surface area contributed by atoms with Crippen LogP contribution in [0.5, 0.6) is 5.75 Å². The summed E-state index contributed by atoms with van der Waals surface area (Å²) in [5, 5.41) is 3.73. The van der Waals surface area contributed by atoms with Crippen LogP contribution in [0, 0.1) is 0 Å². The Morgan fingerprint density at radius 3 is 2.44 bits per heavy atom. The average Bonchev–Trinajstić information content (AvgIpc) is 2.69. The number of nitrogens with one attached hydrogen (secondary N) is 1. The molecule has 27 heavy (non-hydrogen) atoms. The second-order valence-corrected chi connectivity index (χ2v) is 7.07. The van der Waals surface area contributed by atoms with Gasteiger partial charge in [-0.2, -0.15) is 0 Å². The predicted molar refractivity (Wildman–Crippen MR) is 105 cm³/mol. The van der Waals surface area contributed by atoms with Crippen molar-refractivity contribution in [2.24, 2.45) is 0 Å². The second kappa shape index (κ2) is 8.91. The number of carbonyl (C=O) groups is 2. The van der Waals surface area contributed by atoms with Crippen molar-refractivity contribution < 1.29 is 14.3 Å². The van der Waals surface area contributed by atoms with Gasteiger partial charge < -0.3 is 15.0 Å². The molecule has 1 aliphatic heterocycles. The third-order valence-electron chi connectivity index (χ3n) is 4.76. The van der Waals surface area contributed by atoms with Gasteiger partial charge in [-0.15, -0.1) is 0 Å². The van der Waals surface area contributed by atoms with E-state index in [0.29, 0.717) is 35.8 Å². The fraction of sp³-hybridized carbons (Fsp3) is 0.333. The zero-order chi connectivity index (χ0) is 19.2. The molecule has 3 rings (SSSR count). The van der Waals surface area contributed by atoms with Crippen LogP contribution in [0.3, 0.4) is 0 Å². The lowest BCUT2D eigenvalue weighted by Gasteiger charge is -2.32. The van der Waals surface area contributed by atoms with Gasteiger partial charge in [0.15, 0.2) is 0 Å². The number of halogens is 1. The summed E-state index contributed by atoms with van der Waals surface area (Å²) < 4.78 is 5.28. The number of nitrogens with zero attached hydrogens (tertiary/aromatic N) is 1. The van der Waals surface area contributed by atoms with Gasteiger partial charge in [0.2, 0.25) is 5.91 Å². The number of piperidine rings is 1. The van der Waals surface area contributed by atoms with E-state index in [2.05, 4.69) is 5.32 Å². The minimum absolute atomic E-state index is 0.00757. The van der Waals surface area contributed by atoms with Gasteiger partial charge in [-0.1, -0.05) is 35.9 Å². The van der Waals surface area contributed by atoms with Crippen LogP contribution in [0.1, 0.15) is 28.8 Å². The quantitative estimate of drug-likeness (QED) is 0.857. The Balaban J connectivity index is 1.50. The minimum Gasteiger partial charge on any atom is -0.496 e. The molecule has 2 aromatic carbocycles. The fourth-order valence-electron chi connectivity index (χ4n) is 3.28. The van der Waals surface area contributed by atoms with Gasteiger partial charge in [-0.05, 0) is 42.7 Å². The van der Waals surface area contributed by atoms with E-state index >= 15 is 0 Å². The molecule has 2 amide bonds. The molecule has 1 saturated heterocycles. The Labute approximate surface area is 164 Å². The molecule has 1 fully saturated rings. The number of likely N-dealkylation sites (tertiary alicyclic amines) is 1. The van der Waals surface area contributed by atoms with Crippen molar-refractivity contribution in [2.45, 2.75) is 25.3 Å². The zero-order valence-electron chi connectivity index (χ0n) is 15.3. The van der Waals surface area contributed by atoms with Crippen LogP contribution in [0.4, 0.5) is 0 Å². The first-order valence-corrected chi connectivity index (χ1v) is 9.40. The highest BCUT2D eigenvalue weighted by molar-refractivity contribution is 6.30. The van der Waals surface area contributed by atoms with Gasteiger partial charge in [0.25, 0.3) is 5.91 Å². The molecule has 0 aromatic heterocycles. The van der Waals surface area contributed by atoms with E-state index in [0.717, 1.165) is 18.4 Å². The summed E-state index contributed by atoms with van der Waals surface area (Å²) in [4.78, 5) is 26.8. The monoisotopic (exact) mass is 386 g/mol. The molecule has 0 bridgehead atoms. The summed E-state index contributed by atoms with van der Waals surface area (Å²) in [7, 11) is 1.56. The molecule has 1 aliphatic rings. The first kappa shape index (κ1) is 19.2. The van der Waals surface area contributed by atoms with E-state index in [4.69, 9.17) is 16.3 Å². The molecule has 2 aromatic rings. The summed E-state index contributed by atoms with van der Waals surface area (Å²) in [5.41, 5.74) is 1.51. The van der Waals surface area contributed by atoms with Crippen molar-refractivity contribution in [1.29, 1.82) is 0 Å². The molecule has 1 N–H and O–H groups in total. The molecule has 0 spiro atoms. The maximum absolute atomic E-state index is 12.7. The van der Waals surface area contributed by atoms with Crippen LogP contribution in [0.15, 0.2) is 48.5 Å². The Bertz CT molecular complexity index is 799. The highest BCUT2D eigenvalue weighted by Gasteiger charge is 2.26. The van der Waals surface area contributed by atoms with Crippen molar-refractivity contribution in [3.05, 3.63) is 64.7 Å². The van der Waals surface area contributed by atoms with Crippen LogP contribution < -0.4 is 10.1 Å². The SMILES string of the molecule is COc1ccccc1C(=O)N1CCC(NC(=O)Cc2ccc(Cl)cc2)CC1. The first-order valence-electron chi connectivity index (χ1n) is 9.03. The highest BCUT2D eigenvalue weighted by Crippen LogP contribution is 2.21. The molecule has 0 aliphatic carbocycles. The van der Waals surface area contributed by atoms with E-state index in [1.807, 2.05) is 29.2 Å². The van der Waals surface area contributed by atoms with Crippen molar-refractivity contribution >= 4 is 23.4 Å². The normalized spacial score (nSPS) is 14.7. The van der Waals surface area contributed by atoms with E-state index in [1.165, 1.54) is 0 Å². The van der Waals surface area contributed by atoms with Crippen LogP contribution >= 0.6 is 11.6 Å². The summed E-state index contributed by atoms with van der Waals surface area (Å²) in [6.45, 7) is 1.23. The minimum atomic E-state index is -0.0293. The Morgan fingerprint density at radius 2 is 1.78 bits per heavy atom. The van der Waals surface area contributed by atoms with Gasteiger partial charge in [0, 0.05) is 24.2 Å². The molecule has 6 heteroatoms. The molecule has 1 heterocycles. The number of carbonyl (C=O) groups excluding carboxylic acids is 2. The Kier molecular flexibility index (Phi) is 6.35. The number of para-hydroxylation sites is 1. The topological polar surface area (TPSA) is 58.6 Å². The van der Waals surface area contributed by atoms with Gasteiger partial charge in [0.1, 0.15) is 5.75 Å². The van der Waals surface area contributed by atoms with E-state index < -0.39 is 0 Å². The third kappa shape index (κ3) is 5.01. The Hall–Kier alpha value is -2.53. The maximum Gasteiger partial charge on any atom is 0.257 e. The smallest absolute Gasteiger partial charge is 0.257 e. The number of rotatable bonds is 5. The van der Waals surface area contributed by atoms with E-state index in [9.17, 15) is 9.59 Å². The molecule has 0 atom stereocenters. The summed E-state index contributed by atoms with van der Waals surface area (Å²) >= 11 is 5.87. The number of hydrogen-bond donors (Lipinski definition) is 1. The summed E-state index contributed by atoms with van der Waals surface area (Å²) in [6.07, 6.45) is 1.82. The second-order valence-electron chi connectivity index (χ2n) is 6.64. The number of methoxy groups -OCH3 is 1. The third-order valence-corrected chi connectivity index (χ3v) is 5.01. The van der Waals surface area contributed by atoms with Crippen LogP contribution in [-0.2, 0) is 11.2 Å². The fourth-order valence-corrected chi connectivity index (χ4v) is 3.41. The molecular weight excluding hydrogens is 364 g/mol. The molecule has 142 valence electrons. The van der Waals surface area contributed by atoms with E-state index in [1.54, 1.807) is 31.4 Å². The predicted octanol–water partition coefficient (Wildman–Crippen LogP) is 3.31. The lowest BCUT2D eigenvalue weighted by atomic mass is 10.0. The number of amides is 2. The van der Waals surface area contributed by atoms with Gasteiger partial charge in [0.05, 0.1) is 19.1 Å². The lowest BCUT2D eigenvalue weighted by molar-refractivity contribution is -0.121. The van der Waals surface area contributed by atoms with E-state index in [-0.39, 0.29) is 17.9 Å². The standard InChI is InChI=1S/C21H23ClN2O3/c1-27-19-5-3-2-4-18(19)21(26)24-12-10-17(11-13-24)23-20(25)14-15-6-8-16(22)9-7-15/h2-9,17H,10-14H2,1H3,(H,23,25). The zero-order valence-corrected chi connectivity index (χ0v) is 16.0. The summed E-state index contributed by atoms with van der Waals surface area (Å²) in [5.74, 6) is 0.547. The van der Waals surface area contributed by atoms with Crippen LogP contribution in [-0.4, -0.2) is 43.0 Å². The van der Waals surface area contributed by atoms with Gasteiger partial charge in [-0.25, -0.2) is 0 Å². The molecule has 0 saturated carbocycles. The molecule has 0 unspecified atom stereocenters. The van der Waals surface area contributed by atoms with Crippen molar-refractivity contribution in [3.8, 4) is 5.75 Å². The van der Waals surface area contributed by atoms with Crippen molar-refractivity contribution in [2.75, 3.05) is 20.2 Å². The molecular formula is C21H23ClN2O3. The van der Waals surface area contributed by atoms with Crippen LogP contribution in [0.2, 0.25) is 5.02 Å². The van der Waals surface area contributed by atoms with Crippen molar-refractivity contribution in [1.82, 2.24) is 10.2 Å². The highest BCUT2D eigenvalue weighted by atomic mass is 35.5. The van der Waals surface area contributed by atoms with Crippen LogP contribution in [0.25, 0.3) is 0 Å². The lowest BCUT2D eigenvalue weighted by Crippen LogP contribution is -2.46. The average molecular weight is 387 g/mol. The number of ether oxygens (including phenoxy) is 1. The van der Waals surface area contributed by atoms with Gasteiger partial charge >= 0.3 is 0 Å². The largest absolute Gasteiger partial charge is 0.496 e. The van der Waals surface area contributed by atoms with Crippen molar-refractivity contribution in [3.63, 3.8) is 0 Å². The molecule has 5 nitrogen and oxygen atoms in total. The number of benzene rings is 2.